The molecule has 0 bridgehead atoms. The number of halogens is 3. The highest BCUT2D eigenvalue weighted by molar-refractivity contribution is 5.30. The van der Waals surface area contributed by atoms with E-state index in [0.717, 1.165) is 18.7 Å². The van der Waals surface area contributed by atoms with E-state index in [1.165, 1.54) is 12.1 Å². The van der Waals surface area contributed by atoms with Gasteiger partial charge in [0.05, 0.1) is 6.54 Å². The molecule has 2 aromatic rings. The van der Waals surface area contributed by atoms with Gasteiger partial charge in [0.2, 0.25) is 5.95 Å². The van der Waals surface area contributed by atoms with Crippen LogP contribution in [-0.2, 0) is 6.54 Å². The van der Waals surface area contributed by atoms with Crippen LogP contribution in [0.2, 0.25) is 0 Å². The molecule has 1 aromatic carbocycles. The van der Waals surface area contributed by atoms with Crippen LogP contribution in [0.15, 0.2) is 24.3 Å². The number of hydrogen-bond donors (Lipinski definition) is 1. The number of benzene rings is 1. The quantitative estimate of drug-likeness (QED) is 0.825. The maximum Gasteiger partial charge on any atom is 0.573 e. The highest BCUT2D eigenvalue weighted by Gasteiger charge is 2.30. The van der Waals surface area contributed by atoms with E-state index in [0.29, 0.717) is 12.5 Å². The van der Waals surface area contributed by atoms with Crippen LogP contribution in [0.4, 0.5) is 19.1 Å². The van der Waals surface area contributed by atoms with Gasteiger partial charge in [0.15, 0.2) is 0 Å². The summed E-state index contributed by atoms with van der Waals surface area (Å²) in [6, 6.07) is 5.61. The molecule has 126 valence electrons. The van der Waals surface area contributed by atoms with Gasteiger partial charge in [0, 0.05) is 20.1 Å². The number of rotatable bonds is 7. The smallest absolute Gasteiger partial charge is 0.406 e. The van der Waals surface area contributed by atoms with E-state index in [1.54, 1.807) is 16.8 Å². The summed E-state index contributed by atoms with van der Waals surface area (Å²) in [6.07, 6.45) is -4.69. The van der Waals surface area contributed by atoms with Crippen molar-refractivity contribution in [2.75, 3.05) is 32.1 Å². The summed E-state index contributed by atoms with van der Waals surface area (Å²) in [6.45, 7) is 1.83. The van der Waals surface area contributed by atoms with Crippen molar-refractivity contribution < 1.29 is 17.9 Å². The summed E-state index contributed by atoms with van der Waals surface area (Å²) < 4.78 is 41.8. The first kappa shape index (κ1) is 17.0. The second-order valence-electron chi connectivity index (χ2n) is 4.85. The average Bonchev–Trinajstić information content (AvgIpc) is 2.93. The number of alkyl halides is 3. The second kappa shape index (κ2) is 7.27. The standard InChI is InChI=1S/C13H17F3N6O/c1-17-7-8-21(2)12-18-19-20-22(12)9-10-3-5-11(6-4-10)23-13(14,15)16/h3-6,17H,7-9H2,1-2H3. The lowest BCUT2D eigenvalue weighted by Crippen LogP contribution is -2.29. The highest BCUT2D eigenvalue weighted by atomic mass is 19.4. The molecule has 0 unspecified atom stereocenters. The lowest BCUT2D eigenvalue weighted by molar-refractivity contribution is -0.274. The van der Waals surface area contributed by atoms with E-state index in [1.807, 2.05) is 19.0 Å². The molecule has 1 heterocycles. The van der Waals surface area contributed by atoms with Crippen molar-refractivity contribution >= 4 is 5.95 Å². The molecule has 0 aliphatic heterocycles. The van der Waals surface area contributed by atoms with Crippen LogP contribution in [0.1, 0.15) is 5.56 Å². The van der Waals surface area contributed by atoms with Crippen molar-refractivity contribution in [2.24, 2.45) is 0 Å². The zero-order valence-corrected chi connectivity index (χ0v) is 12.7. The molecule has 0 saturated carbocycles. The van der Waals surface area contributed by atoms with Crippen molar-refractivity contribution in [1.29, 1.82) is 0 Å². The number of tetrazole rings is 1. The van der Waals surface area contributed by atoms with Crippen LogP contribution >= 0.6 is 0 Å². The van der Waals surface area contributed by atoms with Crippen LogP contribution in [0.25, 0.3) is 0 Å². The Labute approximate surface area is 131 Å². The number of likely N-dealkylation sites (N-methyl/N-ethyl adjacent to an activating group) is 2. The number of ether oxygens (including phenoxy) is 1. The molecule has 1 N–H and O–H groups in total. The molecule has 10 heteroatoms. The number of aromatic nitrogens is 4. The molecule has 0 atom stereocenters. The Morgan fingerprint density at radius 3 is 2.57 bits per heavy atom. The van der Waals surface area contributed by atoms with E-state index >= 15 is 0 Å². The predicted molar refractivity (Wildman–Crippen MR) is 77.2 cm³/mol. The van der Waals surface area contributed by atoms with Gasteiger partial charge in [0.25, 0.3) is 0 Å². The lowest BCUT2D eigenvalue weighted by Gasteiger charge is -2.17. The summed E-state index contributed by atoms with van der Waals surface area (Å²) in [5.74, 6) is 0.320. The minimum atomic E-state index is -4.69. The summed E-state index contributed by atoms with van der Waals surface area (Å²) in [5.41, 5.74) is 0.759. The first-order chi connectivity index (χ1) is 10.9. The van der Waals surface area contributed by atoms with Crippen molar-refractivity contribution in [3.05, 3.63) is 29.8 Å². The molecule has 7 nitrogen and oxygen atoms in total. The third kappa shape index (κ3) is 5.09. The molecule has 0 aliphatic carbocycles. The largest absolute Gasteiger partial charge is 0.573 e. The third-order valence-electron chi connectivity index (χ3n) is 3.04. The number of nitrogens with zero attached hydrogens (tertiary/aromatic N) is 5. The molecule has 2 rings (SSSR count). The molecular formula is C13H17F3N6O. The predicted octanol–water partition coefficient (Wildman–Crippen LogP) is 1.28. The van der Waals surface area contributed by atoms with Crippen molar-refractivity contribution in [1.82, 2.24) is 25.5 Å². The van der Waals surface area contributed by atoms with Gasteiger partial charge in [-0.2, -0.15) is 0 Å². The van der Waals surface area contributed by atoms with Gasteiger partial charge in [0.1, 0.15) is 5.75 Å². The van der Waals surface area contributed by atoms with Crippen LogP contribution in [0.5, 0.6) is 5.75 Å². The molecule has 1 aromatic heterocycles. The first-order valence-corrected chi connectivity index (χ1v) is 6.85. The average molecular weight is 330 g/mol. The Morgan fingerprint density at radius 1 is 1.26 bits per heavy atom. The fourth-order valence-corrected chi connectivity index (χ4v) is 1.92. The molecular weight excluding hydrogens is 313 g/mol. The summed E-state index contributed by atoms with van der Waals surface area (Å²) in [7, 11) is 3.71. The van der Waals surface area contributed by atoms with Gasteiger partial charge in [-0.05, 0) is 35.2 Å². The van der Waals surface area contributed by atoms with Crippen LogP contribution < -0.4 is 15.0 Å². The van der Waals surface area contributed by atoms with Gasteiger partial charge in [-0.15, -0.1) is 13.2 Å². The highest BCUT2D eigenvalue weighted by Crippen LogP contribution is 2.23. The normalized spacial score (nSPS) is 11.5. The maximum atomic E-state index is 12.1. The van der Waals surface area contributed by atoms with E-state index in [4.69, 9.17) is 0 Å². The van der Waals surface area contributed by atoms with E-state index in [2.05, 4.69) is 25.6 Å². The van der Waals surface area contributed by atoms with Crippen LogP contribution in [-0.4, -0.2) is 53.8 Å². The minimum Gasteiger partial charge on any atom is -0.406 e. The number of anilines is 1. The molecule has 0 aliphatic rings. The van der Waals surface area contributed by atoms with Gasteiger partial charge >= 0.3 is 6.36 Å². The van der Waals surface area contributed by atoms with Crippen LogP contribution in [0, 0.1) is 0 Å². The fraction of sp³-hybridized carbons (Fsp3) is 0.462. The molecule has 0 amide bonds. The molecule has 0 fully saturated rings. The zero-order valence-electron chi connectivity index (χ0n) is 12.7. The topological polar surface area (TPSA) is 68.1 Å². The van der Waals surface area contributed by atoms with Gasteiger partial charge < -0.3 is 15.0 Å². The van der Waals surface area contributed by atoms with Crippen molar-refractivity contribution in [3.63, 3.8) is 0 Å². The summed E-state index contributed by atoms with van der Waals surface area (Å²) in [4.78, 5) is 1.89. The Balaban J connectivity index is 2.04. The molecule has 23 heavy (non-hydrogen) atoms. The molecule has 0 spiro atoms. The first-order valence-electron chi connectivity index (χ1n) is 6.85. The number of nitrogens with one attached hydrogen (secondary N) is 1. The zero-order chi connectivity index (χ0) is 16.9. The Hall–Kier alpha value is -2.36. The SMILES string of the molecule is CNCCN(C)c1nnnn1Cc1ccc(OC(F)(F)F)cc1. The second-order valence-corrected chi connectivity index (χ2v) is 4.85. The van der Waals surface area contributed by atoms with Gasteiger partial charge in [-0.25, -0.2) is 4.68 Å². The van der Waals surface area contributed by atoms with E-state index < -0.39 is 6.36 Å². The van der Waals surface area contributed by atoms with Crippen molar-refractivity contribution in [3.8, 4) is 5.75 Å². The van der Waals surface area contributed by atoms with Crippen LogP contribution in [0.3, 0.4) is 0 Å². The summed E-state index contributed by atoms with van der Waals surface area (Å²) in [5, 5.41) is 14.5. The monoisotopic (exact) mass is 330 g/mol. The van der Waals surface area contributed by atoms with E-state index in [-0.39, 0.29) is 5.75 Å². The van der Waals surface area contributed by atoms with Gasteiger partial charge in [-0.3, -0.25) is 0 Å². The summed E-state index contributed by atoms with van der Waals surface area (Å²) >= 11 is 0. The Bertz CT molecular complexity index is 613. The lowest BCUT2D eigenvalue weighted by atomic mass is 10.2. The Morgan fingerprint density at radius 2 is 1.96 bits per heavy atom. The third-order valence-corrected chi connectivity index (χ3v) is 3.04. The van der Waals surface area contributed by atoms with E-state index in [9.17, 15) is 13.2 Å². The minimum absolute atomic E-state index is 0.260. The molecule has 0 saturated heterocycles. The fourth-order valence-electron chi connectivity index (χ4n) is 1.92. The maximum absolute atomic E-state index is 12.1. The Kier molecular flexibility index (Phi) is 5.37. The van der Waals surface area contributed by atoms with Crippen molar-refractivity contribution in [2.45, 2.75) is 12.9 Å². The van der Waals surface area contributed by atoms with Gasteiger partial charge in [-0.1, -0.05) is 17.2 Å². The number of hydrogen-bond acceptors (Lipinski definition) is 6. The molecule has 0 radical (unpaired) electrons.